The summed E-state index contributed by atoms with van der Waals surface area (Å²) in [6.07, 6.45) is -0.725. The molecule has 1 aliphatic rings. The summed E-state index contributed by atoms with van der Waals surface area (Å²) in [5, 5.41) is 0. The number of amides is 1. The molecule has 0 spiro atoms. The first-order valence-corrected chi connectivity index (χ1v) is 5.88. The van der Waals surface area contributed by atoms with Gasteiger partial charge in [0.2, 0.25) is 0 Å². The quantitative estimate of drug-likeness (QED) is 0.878. The Balaban J connectivity index is 0.00000133. The van der Waals surface area contributed by atoms with Crippen molar-refractivity contribution in [2.45, 2.75) is 5.92 Å². The van der Waals surface area contributed by atoms with Gasteiger partial charge in [-0.1, -0.05) is 48.5 Å². The lowest BCUT2D eigenvalue weighted by Crippen LogP contribution is -2.17. The highest BCUT2D eigenvalue weighted by atomic mass is 16.5. The Hall–Kier alpha value is -2.29. The van der Waals surface area contributed by atoms with E-state index in [0.29, 0.717) is 6.61 Å². The van der Waals surface area contributed by atoms with Gasteiger partial charge in [0.15, 0.2) is 0 Å². The van der Waals surface area contributed by atoms with E-state index in [1.165, 1.54) is 22.3 Å². The van der Waals surface area contributed by atoms with Crippen LogP contribution in [0.2, 0.25) is 0 Å². The molecule has 1 aliphatic carbocycles. The summed E-state index contributed by atoms with van der Waals surface area (Å²) >= 11 is 0. The molecule has 18 heavy (non-hydrogen) atoms. The van der Waals surface area contributed by atoms with Gasteiger partial charge in [0.25, 0.3) is 0 Å². The Kier molecular flexibility index (Phi) is 2.52. The molecule has 2 N–H and O–H groups in total. The van der Waals surface area contributed by atoms with Gasteiger partial charge in [-0.05, 0) is 22.3 Å². The zero-order chi connectivity index (χ0) is 12.5. The molecule has 0 saturated heterocycles. The van der Waals surface area contributed by atoms with Crippen LogP contribution in [0.5, 0.6) is 0 Å². The molecule has 2 aromatic carbocycles. The van der Waals surface area contributed by atoms with Crippen molar-refractivity contribution in [3.05, 3.63) is 59.7 Å². The van der Waals surface area contributed by atoms with Gasteiger partial charge in [0, 0.05) is 7.34 Å². The molecule has 0 radical (unpaired) electrons. The average Bonchev–Trinajstić information content (AvgIpc) is 2.71. The van der Waals surface area contributed by atoms with E-state index < -0.39 is 6.09 Å². The predicted molar refractivity (Wildman–Crippen MR) is 71.4 cm³/mol. The van der Waals surface area contributed by atoms with Gasteiger partial charge < -0.3 is 10.5 Å². The zero-order valence-corrected chi connectivity index (χ0v) is 9.80. The molecule has 2 aromatic rings. The van der Waals surface area contributed by atoms with Gasteiger partial charge in [-0.2, -0.15) is 0 Å². The largest absolute Gasteiger partial charge is 0.449 e. The van der Waals surface area contributed by atoms with Crippen molar-refractivity contribution in [3.63, 3.8) is 0 Å². The molecule has 1 amide bonds. The summed E-state index contributed by atoms with van der Waals surface area (Å²) < 4.78 is 4.98. The predicted octanol–water partition coefficient (Wildman–Crippen LogP) is 3.14. The van der Waals surface area contributed by atoms with Crippen molar-refractivity contribution < 1.29 is 11.0 Å². The molecule has 3 nitrogen and oxygen atoms in total. The van der Waals surface area contributed by atoms with Gasteiger partial charge in [0.05, 0.1) is 0 Å². The maximum atomic E-state index is 10.8. The van der Waals surface area contributed by atoms with Crippen LogP contribution in [0, 0.1) is 0 Å². The standard InChI is InChI=1S/C15H13NO2.H2/c16-15(17)18-9-14-12-7-3-1-5-10(12)11-6-2-4-8-13(11)14;/h1-8,14H,9H2,(H2,16,17);1H. The second-order valence-electron chi connectivity index (χ2n) is 4.36. The Morgan fingerprint density at radius 2 is 1.56 bits per heavy atom. The summed E-state index contributed by atoms with van der Waals surface area (Å²) in [6.45, 7) is 0.295. The summed E-state index contributed by atoms with van der Waals surface area (Å²) in [5.41, 5.74) is 9.87. The van der Waals surface area contributed by atoms with Crippen molar-refractivity contribution in [1.29, 1.82) is 0 Å². The molecule has 0 saturated carbocycles. The number of rotatable bonds is 2. The van der Waals surface area contributed by atoms with Crippen molar-refractivity contribution in [2.24, 2.45) is 5.73 Å². The number of carbonyl (C=O) groups excluding carboxylic acids is 1. The number of hydrogen-bond donors (Lipinski definition) is 1. The molecule has 0 aromatic heterocycles. The van der Waals surface area contributed by atoms with Crippen LogP contribution >= 0.6 is 0 Å². The maximum Gasteiger partial charge on any atom is 0.404 e. The highest BCUT2D eigenvalue weighted by Crippen LogP contribution is 2.44. The van der Waals surface area contributed by atoms with E-state index >= 15 is 0 Å². The Morgan fingerprint density at radius 3 is 2.06 bits per heavy atom. The fourth-order valence-electron chi connectivity index (χ4n) is 2.60. The van der Waals surface area contributed by atoms with E-state index in [-0.39, 0.29) is 7.34 Å². The monoisotopic (exact) mass is 241 g/mol. The zero-order valence-electron chi connectivity index (χ0n) is 9.80. The molecular weight excluding hydrogens is 226 g/mol. The maximum absolute atomic E-state index is 10.8. The van der Waals surface area contributed by atoms with Gasteiger partial charge in [-0.25, -0.2) is 4.79 Å². The Morgan fingerprint density at radius 1 is 1.06 bits per heavy atom. The van der Waals surface area contributed by atoms with Crippen LogP contribution in [0.3, 0.4) is 0 Å². The first kappa shape index (κ1) is 10.8. The average molecular weight is 241 g/mol. The van der Waals surface area contributed by atoms with Crippen molar-refractivity contribution >= 4 is 6.09 Å². The third-order valence-electron chi connectivity index (χ3n) is 3.35. The minimum atomic E-state index is -0.725. The molecule has 0 aliphatic heterocycles. The van der Waals surface area contributed by atoms with Crippen LogP contribution in [0.25, 0.3) is 11.1 Å². The lowest BCUT2D eigenvalue weighted by Gasteiger charge is -2.12. The summed E-state index contributed by atoms with van der Waals surface area (Å²) in [4.78, 5) is 10.8. The lowest BCUT2D eigenvalue weighted by molar-refractivity contribution is 0.153. The number of carbonyl (C=O) groups is 1. The number of hydrogen-bond acceptors (Lipinski definition) is 2. The lowest BCUT2D eigenvalue weighted by atomic mass is 9.98. The number of primary amides is 1. The van der Waals surface area contributed by atoms with Crippen LogP contribution in [0.1, 0.15) is 18.5 Å². The number of nitrogens with two attached hydrogens (primary N) is 1. The molecule has 0 fully saturated rings. The van der Waals surface area contributed by atoms with Crippen LogP contribution in [0.15, 0.2) is 48.5 Å². The third kappa shape index (κ3) is 1.64. The Bertz CT molecular complexity index is 567. The van der Waals surface area contributed by atoms with E-state index in [1.807, 2.05) is 24.3 Å². The minimum Gasteiger partial charge on any atom is -0.449 e. The van der Waals surface area contributed by atoms with E-state index in [4.69, 9.17) is 10.5 Å². The molecule has 3 rings (SSSR count). The fraction of sp³-hybridized carbons (Fsp3) is 0.133. The number of benzene rings is 2. The van der Waals surface area contributed by atoms with Gasteiger partial charge in [-0.15, -0.1) is 0 Å². The smallest absolute Gasteiger partial charge is 0.404 e. The molecule has 92 valence electrons. The molecule has 3 heteroatoms. The normalized spacial score (nSPS) is 12.9. The number of fused-ring (bicyclic) bond motifs is 3. The van der Waals surface area contributed by atoms with E-state index in [0.717, 1.165) is 0 Å². The second-order valence-corrected chi connectivity index (χ2v) is 4.36. The molecular formula is C15H15NO2. The molecule has 0 bridgehead atoms. The van der Waals surface area contributed by atoms with Gasteiger partial charge in [-0.3, -0.25) is 0 Å². The topological polar surface area (TPSA) is 52.3 Å². The van der Waals surface area contributed by atoms with E-state index in [2.05, 4.69) is 24.3 Å². The molecule has 0 unspecified atom stereocenters. The van der Waals surface area contributed by atoms with E-state index in [9.17, 15) is 4.79 Å². The SMILES string of the molecule is NC(=O)OCC1c2ccccc2-c2ccccc21.[HH]. The van der Waals surface area contributed by atoms with Crippen molar-refractivity contribution in [3.8, 4) is 11.1 Å². The second kappa shape index (κ2) is 4.18. The summed E-state index contributed by atoms with van der Waals surface area (Å²) in [7, 11) is 0. The first-order valence-electron chi connectivity index (χ1n) is 5.88. The summed E-state index contributed by atoms with van der Waals surface area (Å²) in [5.74, 6) is 0.0879. The third-order valence-corrected chi connectivity index (χ3v) is 3.35. The van der Waals surface area contributed by atoms with Crippen LogP contribution in [-0.2, 0) is 4.74 Å². The fourth-order valence-corrected chi connectivity index (χ4v) is 2.60. The van der Waals surface area contributed by atoms with Crippen LogP contribution in [-0.4, -0.2) is 12.7 Å². The van der Waals surface area contributed by atoms with E-state index in [1.54, 1.807) is 0 Å². The molecule has 0 atom stereocenters. The van der Waals surface area contributed by atoms with Crippen molar-refractivity contribution in [1.82, 2.24) is 0 Å². The van der Waals surface area contributed by atoms with Crippen molar-refractivity contribution in [2.75, 3.05) is 6.61 Å². The first-order chi connectivity index (χ1) is 8.77. The highest BCUT2D eigenvalue weighted by Gasteiger charge is 2.28. The van der Waals surface area contributed by atoms with Crippen LogP contribution < -0.4 is 5.73 Å². The molecule has 0 heterocycles. The van der Waals surface area contributed by atoms with Gasteiger partial charge >= 0.3 is 6.09 Å². The number of ether oxygens (including phenoxy) is 1. The Labute approximate surface area is 107 Å². The van der Waals surface area contributed by atoms with Crippen LogP contribution in [0.4, 0.5) is 4.79 Å². The van der Waals surface area contributed by atoms with Gasteiger partial charge in [0.1, 0.15) is 6.61 Å². The summed E-state index contributed by atoms with van der Waals surface area (Å²) in [6, 6.07) is 16.4. The highest BCUT2D eigenvalue weighted by molar-refractivity contribution is 5.79. The minimum absolute atomic E-state index is 0.